The van der Waals surface area contributed by atoms with Gasteiger partial charge in [-0.2, -0.15) is 10.1 Å². The van der Waals surface area contributed by atoms with Crippen molar-refractivity contribution in [3.8, 4) is 11.5 Å². The molecule has 136 valence electrons. The second-order valence-electron chi connectivity index (χ2n) is 6.18. The maximum atomic E-state index is 14.0. The third kappa shape index (κ3) is 3.92. The number of hydrogen-bond acceptors (Lipinski definition) is 7. The normalized spacial score (nSPS) is 16.0. The van der Waals surface area contributed by atoms with E-state index in [4.69, 9.17) is 21.0 Å². The molecular formula is C18H20FN5O2. The lowest BCUT2D eigenvalue weighted by atomic mass is 10.2. The predicted octanol–water partition coefficient (Wildman–Crippen LogP) is 2.73. The largest absolute Gasteiger partial charge is 0.454 e. The first-order valence-electron chi connectivity index (χ1n) is 7.99. The number of ether oxygens (including phenoxy) is 1. The van der Waals surface area contributed by atoms with Crippen LogP contribution in [0.15, 0.2) is 58.5 Å². The number of guanidine groups is 2. The Morgan fingerprint density at radius 2 is 1.85 bits per heavy atom. The number of benzene rings is 2. The molecule has 8 heteroatoms. The van der Waals surface area contributed by atoms with E-state index < -0.39 is 11.5 Å². The zero-order valence-electron chi connectivity index (χ0n) is 14.5. The zero-order valence-corrected chi connectivity index (χ0v) is 14.5. The summed E-state index contributed by atoms with van der Waals surface area (Å²) in [6.07, 6.45) is 0. The van der Waals surface area contributed by atoms with Gasteiger partial charge in [0, 0.05) is 0 Å². The fourth-order valence-electron chi connectivity index (χ4n) is 2.49. The average Bonchev–Trinajstić information content (AvgIpc) is 2.57. The third-order valence-electron chi connectivity index (χ3n) is 3.65. The number of hydrogen-bond donors (Lipinski definition) is 2. The van der Waals surface area contributed by atoms with Gasteiger partial charge in [-0.15, -0.1) is 0 Å². The summed E-state index contributed by atoms with van der Waals surface area (Å²) >= 11 is 0. The average molecular weight is 357 g/mol. The van der Waals surface area contributed by atoms with Crippen molar-refractivity contribution in [2.75, 3.05) is 0 Å². The van der Waals surface area contributed by atoms with E-state index in [1.807, 2.05) is 18.2 Å². The highest BCUT2D eigenvalue weighted by Gasteiger charge is 2.33. The summed E-state index contributed by atoms with van der Waals surface area (Å²) in [7, 11) is 0. The smallest absolute Gasteiger partial charge is 0.226 e. The van der Waals surface area contributed by atoms with Crippen LogP contribution in [0.25, 0.3) is 0 Å². The quantitative estimate of drug-likeness (QED) is 0.857. The van der Waals surface area contributed by atoms with E-state index in [2.05, 4.69) is 9.98 Å². The van der Waals surface area contributed by atoms with E-state index in [1.165, 1.54) is 11.1 Å². The number of hydroxylamine groups is 2. The molecule has 0 saturated heterocycles. The van der Waals surface area contributed by atoms with Crippen molar-refractivity contribution in [3.05, 3.63) is 59.9 Å². The third-order valence-corrected chi connectivity index (χ3v) is 3.65. The summed E-state index contributed by atoms with van der Waals surface area (Å²) in [5, 5.41) is 1.37. The second-order valence-corrected chi connectivity index (χ2v) is 6.18. The van der Waals surface area contributed by atoms with Gasteiger partial charge in [0.05, 0.1) is 0 Å². The lowest BCUT2D eigenvalue weighted by molar-refractivity contribution is -0.166. The van der Waals surface area contributed by atoms with Gasteiger partial charge in [-0.05, 0) is 43.7 Å². The molecule has 3 rings (SSSR count). The summed E-state index contributed by atoms with van der Waals surface area (Å²) in [6, 6.07) is 13.5. The van der Waals surface area contributed by atoms with Crippen LogP contribution in [-0.4, -0.2) is 22.6 Å². The standard InChI is InChI=1S/C18H20FN5O2/c1-18(2)23-16(20)22-17(21)24(18)25-11-12-8-9-14(19)15(10-12)26-13-6-4-3-5-7-13/h3-10H,11H2,1-2H3,(H4,20,21,22,23). The van der Waals surface area contributed by atoms with Gasteiger partial charge in [-0.1, -0.05) is 24.3 Å². The molecule has 2 aromatic rings. The molecule has 1 heterocycles. The van der Waals surface area contributed by atoms with Crippen molar-refractivity contribution in [2.24, 2.45) is 21.5 Å². The highest BCUT2D eigenvalue weighted by molar-refractivity contribution is 5.95. The van der Waals surface area contributed by atoms with Crippen LogP contribution in [0.2, 0.25) is 0 Å². The molecule has 0 aromatic heterocycles. The van der Waals surface area contributed by atoms with Crippen LogP contribution >= 0.6 is 0 Å². The molecule has 1 aliphatic heterocycles. The van der Waals surface area contributed by atoms with Crippen LogP contribution < -0.4 is 16.2 Å². The number of aliphatic imine (C=N–C) groups is 2. The Morgan fingerprint density at radius 3 is 2.54 bits per heavy atom. The van der Waals surface area contributed by atoms with Gasteiger partial charge < -0.3 is 16.2 Å². The first-order chi connectivity index (χ1) is 12.3. The minimum atomic E-state index is -0.806. The SMILES string of the molecule is CC1(C)N=C(N)N=C(N)N1OCc1ccc(F)c(Oc2ccccc2)c1. The van der Waals surface area contributed by atoms with Crippen molar-refractivity contribution in [3.63, 3.8) is 0 Å². The second kappa shape index (κ2) is 7.01. The Kier molecular flexibility index (Phi) is 4.77. The fraction of sp³-hybridized carbons (Fsp3) is 0.222. The Balaban J connectivity index is 1.73. The Morgan fingerprint density at radius 1 is 1.12 bits per heavy atom. The summed E-state index contributed by atoms with van der Waals surface area (Å²) in [4.78, 5) is 13.8. The van der Waals surface area contributed by atoms with Crippen molar-refractivity contribution in [2.45, 2.75) is 26.1 Å². The molecule has 0 saturated carbocycles. The van der Waals surface area contributed by atoms with E-state index >= 15 is 0 Å². The molecule has 0 radical (unpaired) electrons. The molecule has 2 aromatic carbocycles. The zero-order chi connectivity index (χ0) is 18.7. The molecule has 0 unspecified atom stereocenters. The van der Waals surface area contributed by atoms with Crippen LogP contribution in [0.4, 0.5) is 4.39 Å². The molecule has 7 nitrogen and oxygen atoms in total. The number of nitrogens with zero attached hydrogens (tertiary/aromatic N) is 3. The lowest BCUT2D eigenvalue weighted by Crippen LogP contribution is -2.53. The first-order valence-corrected chi connectivity index (χ1v) is 7.99. The number of halogens is 1. The minimum absolute atomic E-state index is 0.0904. The molecule has 0 atom stereocenters. The monoisotopic (exact) mass is 357 g/mol. The summed E-state index contributed by atoms with van der Waals surface area (Å²) in [5.41, 5.74) is 11.4. The number of para-hydroxylation sites is 1. The minimum Gasteiger partial charge on any atom is -0.454 e. The molecule has 4 N–H and O–H groups in total. The molecule has 0 bridgehead atoms. The van der Waals surface area contributed by atoms with E-state index in [-0.39, 0.29) is 24.3 Å². The van der Waals surface area contributed by atoms with Gasteiger partial charge in [0.2, 0.25) is 11.9 Å². The van der Waals surface area contributed by atoms with E-state index in [1.54, 1.807) is 38.1 Å². The van der Waals surface area contributed by atoms with Crippen molar-refractivity contribution in [1.29, 1.82) is 0 Å². The van der Waals surface area contributed by atoms with Crippen LogP contribution in [-0.2, 0) is 11.4 Å². The van der Waals surface area contributed by atoms with Gasteiger partial charge >= 0.3 is 0 Å². The highest BCUT2D eigenvalue weighted by Crippen LogP contribution is 2.26. The van der Waals surface area contributed by atoms with Crippen LogP contribution in [0.1, 0.15) is 19.4 Å². The lowest BCUT2D eigenvalue weighted by Gasteiger charge is -2.36. The van der Waals surface area contributed by atoms with Gasteiger partial charge in [0.15, 0.2) is 17.2 Å². The van der Waals surface area contributed by atoms with E-state index in [0.717, 1.165) is 0 Å². The summed E-state index contributed by atoms with van der Waals surface area (Å²) < 4.78 is 19.6. The summed E-state index contributed by atoms with van der Waals surface area (Å²) in [6.45, 7) is 3.70. The number of rotatable bonds is 5. The molecule has 0 amide bonds. The first kappa shape index (κ1) is 17.7. The number of nitrogens with two attached hydrogens (primary N) is 2. The summed E-state index contributed by atoms with van der Waals surface area (Å²) in [5.74, 6) is 0.384. The molecule has 1 aliphatic rings. The van der Waals surface area contributed by atoms with Crippen molar-refractivity contribution < 1.29 is 14.0 Å². The van der Waals surface area contributed by atoms with Gasteiger partial charge in [0.25, 0.3) is 0 Å². The van der Waals surface area contributed by atoms with Crippen molar-refractivity contribution in [1.82, 2.24) is 5.06 Å². The molecular weight excluding hydrogens is 337 g/mol. The van der Waals surface area contributed by atoms with Crippen LogP contribution in [0.5, 0.6) is 11.5 Å². The van der Waals surface area contributed by atoms with Crippen LogP contribution in [0, 0.1) is 5.82 Å². The Labute approximate surface area is 150 Å². The Hall–Kier alpha value is -3.13. The van der Waals surface area contributed by atoms with Crippen LogP contribution in [0.3, 0.4) is 0 Å². The van der Waals surface area contributed by atoms with E-state index in [9.17, 15) is 4.39 Å². The molecule has 0 fully saturated rings. The van der Waals surface area contributed by atoms with Gasteiger partial charge in [-0.25, -0.2) is 9.38 Å². The molecule has 0 aliphatic carbocycles. The van der Waals surface area contributed by atoms with E-state index in [0.29, 0.717) is 11.3 Å². The van der Waals surface area contributed by atoms with Gasteiger partial charge in [0.1, 0.15) is 12.4 Å². The molecule has 26 heavy (non-hydrogen) atoms. The predicted molar refractivity (Wildman–Crippen MR) is 96.9 cm³/mol. The fourth-order valence-corrected chi connectivity index (χ4v) is 2.49. The van der Waals surface area contributed by atoms with Crippen molar-refractivity contribution >= 4 is 11.9 Å². The van der Waals surface area contributed by atoms with Gasteiger partial charge in [-0.3, -0.25) is 4.84 Å². The maximum absolute atomic E-state index is 14.0. The molecule has 0 spiro atoms. The Bertz CT molecular complexity index is 852. The highest BCUT2D eigenvalue weighted by atomic mass is 19.1. The topological polar surface area (TPSA) is 98.5 Å². The maximum Gasteiger partial charge on any atom is 0.226 e.